The maximum absolute atomic E-state index is 6.32. The summed E-state index contributed by atoms with van der Waals surface area (Å²) in [7, 11) is 6.32. The zero-order valence-electron chi connectivity index (χ0n) is 9.36. The van der Waals surface area contributed by atoms with Crippen LogP contribution in [-0.4, -0.2) is 19.3 Å². The molecule has 0 fully saturated rings. The summed E-state index contributed by atoms with van der Waals surface area (Å²) in [5.74, 6) is 0. The lowest BCUT2D eigenvalue weighted by Gasteiger charge is -2.28. The molecule has 0 bridgehead atoms. The van der Waals surface area contributed by atoms with Crippen LogP contribution in [0.5, 0.6) is 0 Å². The van der Waals surface area contributed by atoms with Gasteiger partial charge in [0.2, 0.25) is 0 Å². The lowest BCUT2D eigenvalue weighted by molar-refractivity contribution is 0.816. The SMILES string of the molecule is C[C]([Mg][Cl])(c1ccccc1)c1ccccc1. The third-order valence-corrected chi connectivity index (χ3v) is 6.04. The van der Waals surface area contributed by atoms with Crippen molar-refractivity contribution >= 4 is 28.3 Å². The molecule has 0 atom stereocenters. The van der Waals surface area contributed by atoms with E-state index in [1.165, 1.54) is 11.1 Å². The van der Waals surface area contributed by atoms with Crippen LogP contribution in [-0.2, 0) is 3.54 Å². The molecule has 0 radical (unpaired) electrons. The number of rotatable bonds is 3. The molecule has 0 spiro atoms. The number of benzene rings is 2. The Hall–Kier alpha value is -0.504. The molecule has 0 aliphatic rings. The van der Waals surface area contributed by atoms with Crippen molar-refractivity contribution in [3.05, 3.63) is 71.8 Å². The molecule has 0 saturated carbocycles. The van der Waals surface area contributed by atoms with Crippen molar-refractivity contribution in [3.8, 4) is 0 Å². The Morgan fingerprint density at radius 2 is 1.19 bits per heavy atom. The van der Waals surface area contributed by atoms with E-state index in [0.29, 0.717) is 0 Å². The van der Waals surface area contributed by atoms with Gasteiger partial charge in [-0.15, -0.1) is 0 Å². The van der Waals surface area contributed by atoms with Crippen molar-refractivity contribution in [1.82, 2.24) is 0 Å². The average Bonchev–Trinajstić information content (AvgIpc) is 2.40. The first-order valence-corrected chi connectivity index (χ1v) is 8.29. The summed E-state index contributed by atoms with van der Waals surface area (Å²) in [6, 6.07) is 21.1. The molecule has 0 nitrogen and oxygen atoms in total. The van der Waals surface area contributed by atoms with Gasteiger partial charge in [-0.1, -0.05) is 82.3 Å². The number of halogens is 1. The molecule has 78 valence electrons. The summed E-state index contributed by atoms with van der Waals surface area (Å²) < 4.78 is 0.0318. The fraction of sp³-hybridized carbons (Fsp3) is 0.143. The summed E-state index contributed by atoms with van der Waals surface area (Å²) in [5, 5.41) is 0. The molecule has 2 heteroatoms. The smallest absolute Gasteiger partial charge is 0.344 e. The minimum atomic E-state index is -0.693. The molecule has 0 aliphatic heterocycles. The average molecular weight is 241 g/mol. The van der Waals surface area contributed by atoms with Crippen LogP contribution in [0.2, 0.25) is 0 Å². The predicted octanol–water partition coefficient (Wildman–Crippen LogP) is 3.81. The highest BCUT2D eigenvalue weighted by molar-refractivity contribution is 6.95. The highest BCUT2D eigenvalue weighted by atomic mass is 35.5. The monoisotopic (exact) mass is 240 g/mol. The molecule has 0 aliphatic carbocycles. The third-order valence-electron chi connectivity index (χ3n) is 3.09. The molecular weight excluding hydrogens is 228 g/mol. The van der Waals surface area contributed by atoms with E-state index < -0.39 is 19.3 Å². The van der Waals surface area contributed by atoms with Crippen LogP contribution < -0.4 is 0 Å². The van der Waals surface area contributed by atoms with Gasteiger partial charge in [0.05, 0.1) is 0 Å². The molecule has 0 amide bonds. The van der Waals surface area contributed by atoms with Gasteiger partial charge in [-0.2, -0.15) is 0 Å². The van der Waals surface area contributed by atoms with Crippen molar-refractivity contribution in [2.24, 2.45) is 0 Å². The maximum atomic E-state index is 6.32. The van der Waals surface area contributed by atoms with Crippen LogP contribution in [0.4, 0.5) is 0 Å². The first-order chi connectivity index (χ1) is 7.77. The fourth-order valence-electron chi connectivity index (χ4n) is 1.93. The molecule has 2 rings (SSSR count). The van der Waals surface area contributed by atoms with Crippen molar-refractivity contribution in [2.75, 3.05) is 0 Å². The maximum Gasteiger partial charge on any atom is 0.517 e. The third kappa shape index (κ3) is 2.27. The second-order valence-corrected chi connectivity index (χ2v) is 6.68. The molecule has 2 aromatic rings. The fourth-order valence-corrected chi connectivity index (χ4v) is 3.64. The zero-order chi connectivity index (χ0) is 11.4. The van der Waals surface area contributed by atoms with Crippen LogP contribution in [0.1, 0.15) is 18.1 Å². The standard InChI is InChI=1S/C14H13.ClH.Mg/c1-12(13-8-4-2-5-9-13)14-10-6-3-7-11-14;;/h2-11H,1H3;1H;/q;;+1/p-1. The quantitative estimate of drug-likeness (QED) is 0.716. The lowest BCUT2D eigenvalue weighted by Crippen LogP contribution is -2.28. The summed E-state index contributed by atoms with van der Waals surface area (Å²) in [5.41, 5.74) is 2.64. The molecule has 0 saturated heterocycles. The van der Waals surface area contributed by atoms with Crippen molar-refractivity contribution in [3.63, 3.8) is 0 Å². The Labute approximate surface area is 110 Å². The largest absolute Gasteiger partial charge is 0.517 e. The second kappa shape index (κ2) is 5.22. The van der Waals surface area contributed by atoms with Crippen molar-refractivity contribution < 1.29 is 0 Å². The molecular formula is C14H13ClMg. The summed E-state index contributed by atoms with van der Waals surface area (Å²) in [6.45, 7) is 2.25. The Morgan fingerprint density at radius 3 is 1.50 bits per heavy atom. The highest BCUT2D eigenvalue weighted by Crippen LogP contribution is 2.31. The Balaban J connectivity index is 2.49. The van der Waals surface area contributed by atoms with Crippen LogP contribution in [0, 0.1) is 0 Å². The van der Waals surface area contributed by atoms with Gasteiger partial charge in [-0.3, -0.25) is 0 Å². The van der Waals surface area contributed by atoms with E-state index >= 15 is 0 Å². The van der Waals surface area contributed by atoms with E-state index in [9.17, 15) is 0 Å². The Bertz CT molecular complexity index is 399. The predicted molar refractivity (Wildman–Crippen MR) is 70.9 cm³/mol. The van der Waals surface area contributed by atoms with E-state index in [4.69, 9.17) is 9.07 Å². The Morgan fingerprint density at radius 1 is 0.812 bits per heavy atom. The summed E-state index contributed by atoms with van der Waals surface area (Å²) >= 11 is -0.693. The van der Waals surface area contributed by atoms with Gasteiger partial charge in [0, 0.05) is 0 Å². The second-order valence-electron chi connectivity index (χ2n) is 4.20. The van der Waals surface area contributed by atoms with Crippen LogP contribution in [0.25, 0.3) is 0 Å². The van der Waals surface area contributed by atoms with E-state index in [1.807, 2.05) is 12.1 Å². The number of hydrogen-bond donors (Lipinski definition) is 0. The van der Waals surface area contributed by atoms with E-state index in [0.717, 1.165) is 0 Å². The normalized spacial score (nSPS) is 10.9. The first kappa shape index (κ1) is 12.0. The molecule has 16 heavy (non-hydrogen) atoms. The molecule has 0 aromatic heterocycles. The van der Waals surface area contributed by atoms with Crippen LogP contribution in [0.3, 0.4) is 0 Å². The molecule has 0 heterocycles. The zero-order valence-corrected chi connectivity index (χ0v) is 11.5. The molecule has 0 unspecified atom stereocenters. The Kier molecular flexibility index (Phi) is 3.90. The lowest BCUT2D eigenvalue weighted by atomic mass is 9.91. The first-order valence-electron chi connectivity index (χ1n) is 5.44. The molecule has 0 N–H and O–H groups in total. The van der Waals surface area contributed by atoms with E-state index in [2.05, 4.69) is 55.5 Å². The van der Waals surface area contributed by atoms with Crippen LogP contribution >= 0.6 is 9.07 Å². The van der Waals surface area contributed by atoms with Gasteiger partial charge in [0.25, 0.3) is 0 Å². The number of hydrogen-bond acceptors (Lipinski definition) is 0. The molecule has 2 aromatic carbocycles. The summed E-state index contributed by atoms with van der Waals surface area (Å²) in [4.78, 5) is 0. The van der Waals surface area contributed by atoms with Gasteiger partial charge in [0.1, 0.15) is 0 Å². The van der Waals surface area contributed by atoms with Gasteiger partial charge in [-0.25, -0.2) is 0 Å². The topological polar surface area (TPSA) is 0 Å². The van der Waals surface area contributed by atoms with Gasteiger partial charge >= 0.3 is 19.3 Å². The summed E-state index contributed by atoms with van der Waals surface area (Å²) in [6.07, 6.45) is 0. The van der Waals surface area contributed by atoms with Gasteiger partial charge in [-0.05, 0) is 0 Å². The minimum Gasteiger partial charge on any atom is -0.344 e. The van der Waals surface area contributed by atoms with Gasteiger partial charge < -0.3 is 9.07 Å². The van der Waals surface area contributed by atoms with E-state index in [1.54, 1.807) is 0 Å². The minimum absolute atomic E-state index is 0.0318. The van der Waals surface area contributed by atoms with Crippen molar-refractivity contribution in [1.29, 1.82) is 0 Å². The highest BCUT2D eigenvalue weighted by Gasteiger charge is 2.29. The van der Waals surface area contributed by atoms with Gasteiger partial charge in [0.15, 0.2) is 0 Å². The van der Waals surface area contributed by atoms with E-state index in [-0.39, 0.29) is 3.54 Å². The van der Waals surface area contributed by atoms with Crippen molar-refractivity contribution in [2.45, 2.75) is 10.5 Å². The van der Waals surface area contributed by atoms with Crippen LogP contribution in [0.15, 0.2) is 60.7 Å².